The number of carbonyl (C=O) groups is 1. The van der Waals surface area contributed by atoms with E-state index >= 15 is 0 Å². The minimum Gasteiger partial charge on any atom is -0.277 e. The number of amides is 1. The average molecular weight is 402 g/mol. The van der Waals surface area contributed by atoms with Crippen LogP contribution in [0.25, 0.3) is 17.0 Å². The molecule has 0 atom stereocenters. The Balaban J connectivity index is 1.74. The summed E-state index contributed by atoms with van der Waals surface area (Å²) in [7, 11) is 0. The fourth-order valence-electron chi connectivity index (χ4n) is 2.71. The molecular formula is C20H17F3N4O2. The smallest absolute Gasteiger partial charge is 0.277 e. The van der Waals surface area contributed by atoms with E-state index in [-0.39, 0.29) is 17.1 Å². The van der Waals surface area contributed by atoms with Crippen molar-refractivity contribution in [3.05, 3.63) is 76.1 Å². The Bertz CT molecular complexity index is 1140. The van der Waals surface area contributed by atoms with E-state index in [9.17, 15) is 22.8 Å². The van der Waals surface area contributed by atoms with E-state index in [1.54, 1.807) is 31.2 Å². The fourth-order valence-corrected chi connectivity index (χ4v) is 2.71. The zero-order valence-corrected chi connectivity index (χ0v) is 15.3. The summed E-state index contributed by atoms with van der Waals surface area (Å²) in [5.41, 5.74) is 4.59. The van der Waals surface area contributed by atoms with Gasteiger partial charge in [0.25, 0.3) is 11.5 Å². The number of nitrogens with zero attached hydrogens (tertiary/aromatic N) is 2. The number of alkyl halides is 3. The minimum atomic E-state index is -4.46. The SMILES string of the molecule is CCn1c(NNC(=O)/C=C/c2cccc(C(F)(F)F)c2)nc2ccccc2c1=O. The molecule has 0 spiro atoms. The second-order valence-corrected chi connectivity index (χ2v) is 6.07. The lowest BCUT2D eigenvalue weighted by Crippen LogP contribution is -2.33. The van der Waals surface area contributed by atoms with Gasteiger partial charge in [-0.2, -0.15) is 13.2 Å². The lowest BCUT2D eigenvalue weighted by molar-refractivity contribution is -0.137. The molecule has 9 heteroatoms. The molecule has 3 rings (SSSR count). The summed E-state index contributed by atoms with van der Waals surface area (Å²) >= 11 is 0. The summed E-state index contributed by atoms with van der Waals surface area (Å²) < 4.78 is 39.6. The van der Waals surface area contributed by atoms with Gasteiger partial charge in [0, 0.05) is 12.6 Å². The topological polar surface area (TPSA) is 76.0 Å². The Morgan fingerprint density at radius 2 is 1.93 bits per heavy atom. The number of hydrogen-bond acceptors (Lipinski definition) is 4. The van der Waals surface area contributed by atoms with Gasteiger partial charge in [0.15, 0.2) is 0 Å². The number of fused-ring (bicyclic) bond motifs is 1. The number of para-hydroxylation sites is 1. The molecule has 0 saturated heterocycles. The summed E-state index contributed by atoms with van der Waals surface area (Å²) in [5.74, 6) is -0.468. The molecule has 0 fully saturated rings. The number of benzene rings is 2. The van der Waals surface area contributed by atoms with Gasteiger partial charge in [0.2, 0.25) is 5.95 Å². The molecule has 0 aliphatic carbocycles. The average Bonchev–Trinajstić information content (AvgIpc) is 2.70. The van der Waals surface area contributed by atoms with Gasteiger partial charge in [-0.3, -0.25) is 25.0 Å². The van der Waals surface area contributed by atoms with Gasteiger partial charge in [0.1, 0.15) is 0 Å². The van der Waals surface area contributed by atoms with Crippen molar-refractivity contribution in [2.75, 3.05) is 5.43 Å². The lowest BCUT2D eigenvalue weighted by atomic mass is 10.1. The fraction of sp³-hybridized carbons (Fsp3) is 0.150. The first-order valence-corrected chi connectivity index (χ1v) is 8.70. The molecule has 1 heterocycles. The molecule has 0 bridgehead atoms. The minimum absolute atomic E-state index is 0.150. The van der Waals surface area contributed by atoms with E-state index in [0.717, 1.165) is 18.2 Å². The zero-order valence-electron chi connectivity index (χ0n) is 15.3. The third-order valence-electron chi connectivity index (χ3n) is 4.12. The first-order valence-electron chi connectivity index (χ1n) is 8.70. The maximum Gasteiger partial charge on any atom is 0.416 e. The highest BCUT2D eigenvalue weighted by molar-refractivity contribution is 5.92. The Kier molecular flexibility index (Phi) is 5.67. The number of carbonyl (C=O) groups excluding carboxylic acids is 1. The summed E-state index contributed by atoms with van der Waals surface area (Å²) in [4.78, 5) is 28.9. The van der Waals surface area contributed by atoms with Crippen molar-refractivity contribution in [2.45, 2.75) is 19.6 Å². The van der Waals surface area contributed by atoms with Gasteiger partial charge in [-0.05, 0) is 42.8 Å². The maximum absolute atomic E-state index is 12.7. The number of anilines is 1. The van der Waals surface area contributed by atoms with E-state index in [0.29, 0.717) is 17.4 Å². The number of nitrogens with one attached hydrogen (secondary N) is 2. The largest absolute Gasteiger partial charge is 0.416 e. The van der Waals surface area contributed by atoms with E-state index in [2.05, 4.69) is 15.8 Å². The third-order valence-corrected chi connectivity index (χ3v) is 4.12. The Morgan fingerprint density at radius 3 is 2.66 bits per heavy atom. The number of hydrogen-bond donors (Lipinski definition) is 2. The van der Waals surface area contributed by atoms with Crippen LogP contribution in [0.15, 0.2) is 59.4 Å². The standard InChI is InChI=1S/C20H17F3N4O2/c1-2-27-18(29)15-8-3-4-9-16(15)24-19(27)26-25-17(28)11-10-13-6-5-7-14(12-13)20(21,22)23/h3-12H,2H2,1H3,(H,24,26)(H,25,28)/b11-10+. The molecular weight excluding hydrogens is 385 g/mol. The Hall–Kier alpha value is -3.62. The van der Waals surface area contributed by atoms with E-state index < -0.39 is 17.6 Å². The molecule has 1 aromatic heterocycles. The van der Waals surface area contributed by atoms with Gasteiger partial charge < -0.3 is 0 Å². The van der Waals surface area contributed by atoms with Crippen LogP contribution in [-0.2, 0) is 17.5 Å². The second-order valence-electron chi connectivity index (χ2n) is 6.07. The molecule has 2 aromatic carbocycles. The lowest BCUT2D eigenvalue weighted by Gasteiger charge is -2.13. The monoisotopic (exact) mass is 402 g/mol. The van der Waals surface area contributed by atoms with Crippen LogP contribution in [0.3, 0.4) is 0 Å². The molecule has 0 radical (unpaired) electrons. The molecule has 6 nitrogen and oxygen atoms in total. The van der Waals surface area contributed by atoms with E-state index in [1.165, 1.54) is 22.8 Å². The van der Waals surface area contributed by atoms with Crippen molar-refractivity contribution in [2.24, 2.45) is 0 Å². The molecule has 2 N–H and O–H groups in total. The second kappa shape index (κ2) is 8.17. The molecule has 150 valence electrons. The number of hydrazine groups is 1. The van der Waals surface area contributed by atoms with Crippen molar-refractivity contribution >= 4 is 28.8 Å². The van der Waals surface area contributed by atoms with Crippen LogP contribution >= 0.6 is 0 Å². The van der Waals surface area contributed by atoms with Crippen LogP contribution in [0, 0.1) is 0 Å². The summed E-state index contributed by atoms with van der Waals surface area (Å²) in [6.45, 7) is 2.09. The van der Waals surface area contributed by atoms with Crippen LogP contribution in [-0.4, -0.2) is 15.5 Å². The molecule has 3 aromatic rings. The van der Waals surface area contributed by atoms with Crippen LogP contribution in [0.4, 0.5) is 19.1 Å². The van der Waals surface area contributed by atoms with Crippen molar-refractivity contribution in [1.82, 2.24) is 15.0 Å². The molecule has 0 unspecified atom stereocenters. The zero-order chi connectivity index (χ0) is 21.0. The van der Waals surface area contributed by atoms with Gasteiger partial charge in [-0.15, -0.1) is 0 Å². The van der Waals surface area contributed by atoms with E-state index in [1.807, 2.05) is 0 Å². The number of rotatable bonds is 5. The van der Waals surface area contributed by atoms with Gasteiger partial charge in [-0.25, -0.2) is 4.98 Å². The van der Waals surface area contributed by atoms with Crippen LogP contribution < -0.4 is 16.4 Å². The van der Waals surface area contributed by atoms with Crippen molar-refractivity contribution < 1.29 is 18.0 Å². The molecule has 29 heavy (non-hydrogen) atoms. The first-order chi connectivity index (χ1) is 13.8. The molecule has 1 amide bonds. The van der Waals surface area contributed by atoms with E-state index in [4.69, 9.17) is 0 Å². The highest BCUT2D eigenvalue weighted by atomic mass is 19.4. The number of aromatic nitrogens is 2. The Morgan fingerprint density at radius 1 is 1.17 bits per heavy atom. The molecule has 0 aliphatic rings. The third kappa shape index (κ3) is 4.63. The van der Waals surface area contributed by atoms with Crippen molar-refractivity contribution in [1.29, 1.82) is 0 Å². The van der Waals surface area contributed by atoms with Crippen LogP contribution in [0.2, 0.25) is 0 Å². The highest BCUT2D eigenvalue weighted by Crippen LogP contribution is 2.29. The van der Waals surface area contributed by atoms with Gasteiger partial charge in [0.05, 0.1) is 16.5 Å². The quantitative estimate of drug-likeness (QED) is 0.505. The van der Waals surface area contributed by atoms with Crippen LogP contribution in [0.5, 0.6) is 0 Å². The normalized spacial score (nSPS) is 11.7. The maximum atomic E-state index is 12.7. The first kappa shape index (κ1) is 20.1. The summed E-state index contributed by atoms with van der Waals surface area (Å²) in [6, 6.07) is 11.4. The number of halogens is 3. The highest BCUT2D eigenvalue weighted by Gasteiger charge is 2.30. The van der Waals surface area contributed by atoms with Crippen molar-refractivity contribution in [3.8, 4) is 0 Å². The summed E-state index contributed by atoms with van der Waals surface area (Å²) in [5, 5.41) is 0.454. The van der Waals surface area contributed by atoms with Gasteiger partial charge >= 0.3 is 6.18 Å². The Labute approximate surface area is 163 Å². The summed E-state index contributed by atoms with van der Waals surface area (Å²) in [6.07, 6.45) is -2.12. The molecule has 0 saturated carbocycles. The van der Waals surface area contributed by atoms with Crippen LogP contribution in [0.1, 0.15) is 18.1 Å². The molecule has 0 aliphatic heterocycles. The van der Waals surface area contributed by atoms with Crippen molar-refractivity contribution in [3.63, 3.8) is 0 Å². The predicted octanol–water partition coefficient (Wildman–Crippen LogP) is 3.59. The predicted molar refractivity (Wildman–Crippen MR) is 104 cm³/mol. The van der Waals surface area contributed by atoms with Gasteiger partial charge in [-0.1, -0.05) is 24.3 Å².